The molecule has 0 fully saturated rings. The maximum atomic E-state index is 12.3. The molecule has 3 rings (SSSR count). The van der Waals surface area contributed by atoms with Crippen molar-refractivity contribution in [2.75, 3.05) is 12.4 Å². The Morgan fingerprint density at radius 1 is 1.08 bits per heavy atom. The average Bonchev–Trinajstić information content (AvgIpc) is 2.68. The maximum Gasteiger partial charge on any atom is 0.262 e. The Morgan fingerprint density at radius 2 is 1.85 bits per heavy atom. The first-order chi connectivity index (χ1) is 12.7. The SMILES string of the molecule is COc1cccc(/C=N/NC(=O)C(C)Nc2cccc3ccccc23)c1. The largest absolute Gasteiger partial charge is 0.497 e. The van der Waals surface area contributed by atoms with Crippen LogP contribution in [0.25, 0.3) is 10.8 Å². The van der Waals surface area contributed by atoms with Crippen molar-refractivity contribution in [3.8, 4) is 5.75 Å². The molecule has 0 saturated heterocycles. The van der Waals surface area contributed by atoms with Crippen LogP contribution in [0.15, 0.2) is 71.8 Å². The minimum atomic E-state index is -0.428. The van der Waals surface area contributed by atoms with Crippen LogP contribution in [0.1, 0.15) is 12.5 Å². The van der Waals surface area contributed by atoms with Crippen LogP contribution in [-0.2, 0) is 4.79 Å². The van der Waals surface area contributed by atoms with Gasteiger partial charge in [0.15, 0.2) is 0 Å². The van der Waals surface area contributed by atoms with E-state index in [1.54, 1.807) is 20.2 Å². The second-order valence-corrected chi connectivity index (χ2v) is 5.90. The van der Waals surface area contributed by atoms with Crippen LogP contribution in [0, 0.1) is 0 Å². The zero-order chi connectivity index (χ0) is 18.4. The number of fused-ring (bicyclic) bond motifs is 1. The van der Waals surface area contributed by atoms with E-state index in [1.165, 1.54) is 0 Å². The van der Waals surface area contributed by atoms with E-state index < -0.39 is 6.04 Å². The molecule has 0 saturated carbocycles. The Balaban J connectivity index is 1.63. The van der Waals surface area contributed by atoms with E-state index in [4.69, 9.17) is 4.74 Å². The van der Waals surface area contributed by atoms with Gasteiger partial charge in [-0.05, 0) is 36.1 Å². The molecule has 0 radical (unpaired) electrons. The number of rotatable bonds is 6. The molecular formula is C21H21N3O2. The topological polar surface area (TPSA) is 62.7 Å². The predicted molar refractivity (Wildman–Crippen MR) is 106 cm³/mol. The second kappa shape index (κ2) is 8.16. The van der Waals surface area contributed by atoms with Gasteiger partial charge in [0.25, 0.3) is 5.91 Å². The molecule has 26 heavy (non-hydrogen) atoms. The van der Waals surface area contributed by atoms with Gasteiger partial charge in [-0.25, -0.2) is 5.43 Å². The number of methoxy groups -OCH3 is 1. The number of nitrogens with zero attached hydrogens (tertiary/aromatic N) is 1. The number of hydrogen-bond donors (Lipinski definition) is 2. The molecule has 5 nitrogen and oxygen atoms in total. The summed E-state index contributed by atoms with van der Waals surface area (Å²) in [6, 6.07) is 21.1. The number of carbonyl (C=O) groups is 1. The molecule has 0 aliphatic rings. The summed E-state index contributed by atoms with van der Waals surface area (Å²) in [5.41, 5.74) is 4.33. The number of anilines is 1. The molecule has 3 aromatic carbocycles. The monoisotopic (exact) mass is 347 g/mol. The minimum absolute atomic E-state index is 0.211. The predicted octanol–water partition coefficient (Wildman–Crippen LogP) is 3.80. The number of carbonyl (C=O) groups excluding carboxylic acids is 1. The molecule has 0 aliphatic heterocycles. The Labute approximate surface area is 152 Å². The zero-order valence-corrected chi connectivity index (χ0v) is 14.8. The quantitative estimate of drug-likeness (QED) is 0.527. The summed E-state index contributed by atoms with van der Waals surface area (Å²) in [4.78, 5) is 12.3. The van der Waals surface area contributed by atoms with Crippen molar-refractivity contribution in [1.29, 1.82) is 0 Å². The van der Waals surface area contributed by atoms with Crippen molar-refractivity contribution < 1.29 is 9.53 Å². The third kappa shape index (κ3) is 4.19. The molecule has 0 heterocycles. The molecule has 1 atom stereocenters. The van der Waals surface area contributed by atoms with Gasteiger partial charge < -0.3 is 10.1 Å². The van der Waals surface area contributed by atoms with E-state index in [-0.39, 0.29) is 5.91 Å². The number of ether oxygens (including phenoxy) is 1. The highest BCUT2D eigenvalue weighted by Crippen LogP contribution is 2.23. The first kappa shape index (κ1) is 17.5. The molecule has 0 spiro atoms. The smallest absolute Gasteiger partial charge is 0.262 e. The third-order valence-electron chi connectivity index (χ3n) is 4.04. The van der Waals surface area contributed by atoms with E-state index in [9.17, 15) is 4.79 Å². The number of nitrogens with one attached hydrogen (secondary N) is 2. The zero-order valence-electron chi connectivity index (χ0n) is 14.8. The molecule has 0 aromatic heterocycles. The highest BCUT2D eigenvalue weighted by Gasteiger charge is 2.12. The van der Waals surface area contributed by atoms with Crippen molar-refractivity contribution in [3.05, 3.63) is 72.3 Å². The molecule has 2 N–H and O–H groups in total. The van der Waals surface area contributed by atoms with Crippen molar-refractivity contribution in [2.24, 2.45) is 5.10 Å². The van der Waals surface area contributed by atoms with E-state index >= 15 is 0 Å². The van der Waals surface area contributed by atoms with Crippen molar-refractivity contribution in [3.63, 3.8) is 0 Å². The van der Waals surface area contributed by atoms with Gasteiger partial charge in [-0.3, -0.25) is 4.79 Å². The summed E-state index contributed by atoms with van der Waals surface area (Å²) in [6.07, 6.45) is 1.59. The number of amides is 1. The molecule has 1 unspecified atom stereocenters. The molecule has 5 heteroatoms. The normalized spacial score (nSPS) is 12.1. The van der Waals surface area contributed by atoms with Gasteiger partial charge >= 0.3 is 0 Å². The van der Waals surface area contributed by atoms with Crippen LogP contribution >= 0.6 is 0 Å². The lowest BCUT2D eigenvalue weighted by molar-refractivity contribution is -0.121. The third-order valence-corrected chi connectivity index (χ3v) is 4.04. The van der Waals surface area contributed by atoms with E-state index in [0.717, 1.165) is 27.8 Å². The van der Waals surface area contributed by atoms with Crippen LogP contribution in [0.4, 0.5) is 5.69 Å². The fourth-order valence-corrected chi connectivity index (χ4v) is 2.64. The summed E-state index contributed by atoms with van der Waals surface area (Å²) in [7, 11) is 1.61. The van der Waals surface area contributed by atoms with Crippen LogP contribution in [0.2, 0.25) is 0 Å². The van der Waals surface area contributed by atoms with E-state index in [0.29, 0.717) is 0 Å². The Kier molecular flexibility index (Phi) is 5.49. The molecule has 132 valence electrons. The summed E-state index contributed by atoms with van der Waals surface area (Å²) in [5.74, 6) is 0.531. The lowest BCUT2D eigenvalue weighted by atomic mass is 10.1. The van der Waals surface area contributed by atoms with Gasteiger partial charge in [0, 0.05) is 11.1 Å². The summed E-state index contributed by atoms with van der Waals surface area (Å²) < 4.78 is 5.16. The van der Waals surface area contributed by atoms with Crippen LogP contribution in [-0.4, -0.2) is 25.3 Å². The Hall–Kier alpha value is -3.34. The second-order valence-electron chi connectivity index (χ2n) is 5.90. The molecule has 0 bridgehead atoms. The standard InChI is InChI=1S/C21H21N3O2/c1-15(23-20-12-6-9-17-8-3-4-11-19(17)20)21(25)24-22-14-16-7-5-10-18(13-16)26-2/h3-15,23H,1-2H3,(H,24,25)/b22-14+. The summed E-state index contributed by atoms with van der Waals surface area (Å²) in [5, 5.41) is 9.47. The Bertz CT molecular complexity index is 932. The maximum absolute atomic E-state index is 12.3. The van der Waals surface area contributed by atoms with Gasteiger partial charge in [0.1, 0.15) is 11.8 Å². The molecule has 1 amide bonds. The number of hydrazone groups is 1. The van der Waals surface area contributed by atoms with Gasteiger partial charge in [0.2, 0.25) is 0 Å². The van der Waals surface area contributed by atoms with E-state index in [2.05, 4.69) is 15.8 Å². The summed E-state index contributed by atoms with van der Waals surface area (Å²) in [6.45, 7) is 1.80. The van der Waals surface area contributed by atoms with Gasteiger partial charge in [-0.1, -0.05) is 48.5 Å². The molecule has 0 aliphatic carbocycles. The first-order valence-corrected chi connectivity index (χ1v) is 8.38. The number of benzene rings is 3. The molecular weight excluding hydrogens is 326 g/mol. The summed E-state index contributed by atoms with van der Waals surface area (Å²) >= 11 is 0. The minimum Gasteiger partial charge on any atom is -0.497 e. The van der Waals surface area contributed by atoms with Crippen molar-refractivity contribution in [1.82, 2.24) is 5.43 Å². The average molecular weight is 347 g/mol. The van der Waals surface area contributed by atoms with Crippen LogP contribution in [0.3, 0.4) is 0 Å². The highest BCUT2D eigenvalue weighted by atomic mass is 16.5. The van der Waals surface area contributed by atoms with Crippen molar-refractivity contribution in [2.45, 2.75) is 13.0 Å². The Morgan fingerprint density at radius 3 is 2.69 bits per heavy atom. The highest BCUT2D eigenvalue weighted by molar-refractivity contribution is 5.96. The lowest BCUT2D eigenvalue weighted by Crippen LogP contribution is -2.34. The fourth-order valence-electron chi connectivity index (χ4n) is 2.64. The van der Waals surface area contributed by atoms with Crippen LogP contribution in [0.5, 0.6) is 5.75 Å². The lowest BCUT2D eigenvalue weighted by Gasteiger charge is -2.15. The van der Waals surface area contributed by atoms with E-state index in [1.807, 2.05) is 66.7 Å². The van der Waals surface area contributed by atoms with Crippen LogP contribution < -0.4 is 15.5 Å². The fraction of sp³-hybridized carbons (Fsp3) is 0.143. The number of hydrogen-bond acceptors (Lipinski definition) is 4. The first-order valence-electron chi connectivity index (χ1n) is 8.38. The van der Waals surface area contributed by atoms with Crippen molar-refractivity contribution >= 4 is 28.6 Å². The van der Waals surface area contributed by atoms with Gasteiger partial charge in [-0.2, -0.15) is 5.10 Å². The van der Waals surface area contributed by atoms with Gasteiger partial charge in [0.05, 0.1) is 13.3 Å². The molecule has 3 aromatic rings. The van der Waals surface area contributed by atoms with Gasteiger partial charge in [-0.15, -0.1) is 0 Å².